The molecule has 1 fully saturated rings. The smallest absolute Gasteiger partial charge is 0.166 e. The van der Waals surface area contributed by atoms with Crippen LogP contribution in [0.4, 0.5) is 0 Å². The van der Waals surface area contributed by atoms with E-state index < -0.39 is 0 Å². The lowest BCUT2D eigenvalue weighted by molar-refractivity contribution is 0.0818. The molecule has 2 aromatic carbocycles. The molecule has 166 valence electrons. The van der Waals surface area contributed by atoms with E-state index in [1.807, 2.05) is 37.3 Å². The van der Waals surface area contributed by atoms with Crippen molar-refractivity contribution >= 4 is 11.5 Å². The van der Waals surface area contributed by atoms with E-state index in [0.29, 0.717) is 13.2 Å². The van der Waals surface area contributed by atoms with Crippen molar-refractivity contribution in [3.63, 3.8) is 0 Å². The van der Waals surface area contributed by atoms with E-state index in [9.17, 15) is 4.79 Å². The largest absolute Gasteiger partial charge is 0.394 e. The molecule has 1 aliphatic heterocycles. The van der Waals surface area contributed by atoms with Gasteiger partial charge in [0.15, 0.2) is 5.78 Å². The molecule has 0 bridgehead atoms. The Morgan fingerprint density at radius 1 is 1.16 bits per heavy atom. The van der Waals surface area contributed by atoms with Gasteiger partial charge in [0.2, 0.25) is 0 Å². The highest BCUT2D eigenvalue weighted by Gasteiger charge is 2.31. The SMILES string of the molecule is CCC(C(=NOCCN)c1ccccc1)N1CCC(C(=O)c2ccc(C)cc2C)CC1. The normalized spacial score (nSPS) is 16.8. The summed E-state index contributed by atoms with van der Waals surface area (Å²) in [7, 11) is 0. The minimum Gasteiger partial charge on any atom is -0.394 e. The first-order valence-electron chi connectivity index (χ1n) is 11.4. The number of nitrogens with two attached hydrogens (primary N) is 1. The molecule has 0 amide bonds. The Morgan fingerprint density at radius 2 is 1.87 bits per heavy atom. The van der Waals surface area contributed by atoms with Gasteiger partial charge in [-0.25, -0.2) is 0 Å². The summed E-state index contributed by atoms with van der Waals surface area (Å²) in [4.78, 5) is 21.1. The van der Waals surface area contributed by atoms with E-state index in [0.717, 1.165) is 54.8 Å². The van der Waals surface area contributed by atoms with Crippen LogP contribution < -0.4 is 5.73 Å². The minimum absolute atomic E-state index is 0.0840. The van der Waals surface area contributed by atoms with Crippen molar-refractivity contribution in [3.05, 3.63) is 70.8 Å². The zero-order valence-electron chi connectivity index (χ0n) is 19.0. The standard InChI is InChI=1S/C26H35N3O2/c1-4-24(25(28-31-17-14-27)21-8-6-5-7-9-21)29-15-12-22(13-16-29)26(30)23-11-10-19(2)18-20(23)3/h5-11,18,22,24H,4,12-17,27H2,1-3H3. The summed E-state index contributed by atoms with van der Waals surface area (Å²) in [6.45, 7) is 8.87. The van der Waals surface area contributed by atoms with Gasteiger partial charge < -0.3 is 10.6 Å². The van der Waals surface area contributed by atoms with Crippen LogP contribution in [-0.2, 0) is 4.84 Å². The van der Waals surface area contributed by atoms with Gasteiger partial charge in [0.1, 0.15) is 12.3 Å². The Morgan fingerprint density at radius 3 is 2.48 bits per heavy atom. The van der Waals surface area contributed by atoms with Crippen molar-refractivity contribution in [2.75, 3.05) is 26.2 Å². The Labute approximate surface area is 186 Å². The van der Waals surface area contributed by atoms with Crippen molar-refractivity contribution in [2.24, 2.45) is 16.8 Å². The van der Waals surface area contributed by atoms with Gasteiger partial charge in [-0.1, -0.05) is 66.2 Å². The van der Waals surface area contributed by atoms with Crippen molar-refractivity contribution in [3.8, 4) is 0 Å². The summed E-state index contributed by atoms with van der Waals surface area (Å²) < 4.78 is 0. The number of hydrogen-bond acceptors (Lipinski definition) is 5. The number of piperidine rings is 1. The fourth-order valence-corrected chi connectivity index (χ4v) is 4.49. The van der Waals surface area contributed by atoms with Crippen LogP contribution in [0, 0.1) is 19.8 Å². The summed E-state index contributed by atoms with van der Waals surface area (Å²) in [5.74, 6) is 0.370. The summed E-state index contributed by atoms with van der Waals surface area (Å²) in [5, 5.41) is 4.48. The Balaban J connectivity index is 1.72. The van der Waals surface area contributed by atoms with Gasteiger partial charge in [0.25, 0.3) is 0 Å². The van der Waals surface area contributed by atoms with Gasteiger partial charge in [-0.15, -0.1) is 0 Å². The number of ketones is 1. The van der Waals surface area contributed by atoms with Gasteiger partial charge in [0, 0.05) is 23.6 Å². The Kier molecular flexibility index (Phi) is 8.38. The topological polar surface area (TPSA) is 67.9 Å². The lowest BCUT2D eigenvalue weighted by Gasteiger charge is -2.37. The second kappa shape index (κ2) is 11.2. The third kappa shape index (κ3) is 5.81. The number of nitrogens with zero attached hydrogens (tertiary/aromatic N) is 2. The number of benzene rings is 2. The van der Waals surface area contributed by atoms with Crippen molar-refractivity contribution in [1.29, 1.82) is 0 Å². The van der Waals surface area contributed by atoms with E-state index in [1.54, 1.807) is 0 Å². The molecule has 0 aliphatic carbocycles. The fourth-order valence-electron chi connectivity index (χ4n) is 4.49. The van der Waals surface area contributed by atoms with Gasteiger partial charge in [-0.2, -0.15) is 0 Å². The van der Waals surface area contributed by atoms with Crippen LogP contribution in [0.5, 0.6) is 0 Å². The van der Waals surface area contributed by atoms with Crippen LogP contribution >= 0.6 is 0 Å². The van der Waals surface area contributed by atoms with Crippen LogP contribution in [-0.4, -0.2) is 48.7 Å². The summed E-state index contributed by atoms with van der Waals surface area (Å²) >= 11 is 0. The molecule has 1 heterocycles. The highest BCUT2D eigenvalue weighted by molar-refractivity contribution is 6.04. The second-order valence-electron chi connectivity index (χ2n) is 8.38. The van der Waals surface area contributed by atoms with Crippen molar-refractivity contribution in [2.45, 2.75) is 46.1 Å². The second-order valence-corrected chi connectivity index (χ2v) is 8.38. The molecule has 1 saturated heterocycles. The highest BCUT2D eigenvalue weighted by Crippen LogP contribution is 2.26. The predicted octanol–water partition coefficient (Wildman–Crippen LogP) is 4.36. The van der Waals surface area contributed by atoms with Crippen LogP contribution in [0.3, 0.4) is 0 Å². The van der Waals surface area contributed by atoms with Gasteiger partial charge in [0.05, 0.1) is 6.04 Å². The molecule has 3 rings (SSSR count). The summed E-state index contributed by atoms with van der Waals surface area (Å²) in [6.07, 6.45) is 2.66. The van der Waals surface area contributed by atoms with E-state index in [4.69, 9.17) is 10.6 Å². The van der Waals surface area contributed by atoms with Crippen LogP contribution in [0.2, 0.25) is 0 Å². The van der Waals surface area contributed by atoms with E-state index in [1.165, 1.54) is 5.56 Å². The van der Waals surface area contributed by atoms with Crippen LogP contribution in [0.15, 0.2) is 53.7 Å². The molecule has 5 nitrogen and oxygen atoms in total. The minimum atomic E-state index is 0.0840. The molecule has 2 aromatic rings. The maximum Gasteiger partial charge on any atom is 0.166 e. The number of oxime groups is 1. The van der Waals surface area contributed by atoms with E-state index >= 15 is 0 Å². The molecule has 0 aromatic heterocycles. The maximum atomic E-state index is 13.1. The molecular formula is C26H35N3O2. The molecule has 0 saturated carbocycles. The number of carbonyl (C=O) groups is 1. The first kappa shape index (κ1) is 23.2. The monoisotopic (exact) mass is 421 g/mol. The fraction of sp³-hybridized carbons (Fsp3) is 0.462. The highest BCUT2D eigenvalue weighted by atomic mass is 16.6. The third-order valence-corrected chi connectivity index (χ3v) is 6.13. The molecule has 31 heavy (non-hydrogen) atoms. The zero-order chi connectivity index (χ0) is 22.2. The molecule has 2 N–H and O–H groups in total. The molecule has 1 atom stereocenters. The number of carbonyl (C=O) groups excluding carboxylic acids is 1. The molecule has 1 unspecified atom stereocenters. The molecule has 5 heteroatoms. The van der Waals surface area contributed by atoms with Crippen molar-refractivity contribution < 1.29 is 9.63 Å². The first-order valence-corrected chi connectivity index (χ1v) is 11.4. The number of rotatable bonds is 9. The summed E-state index contributed by atoms with van der Waals surface area (Å²) in [5.41, 5.74) is 10.7. The lowest BCUT2D eigenvalue weighted by atomic mass is 9.86. The quantitative estimate of drug-likeness (QED) is 0.283. The number of likely N-dealkylation sites (tertiary alicyclic amines) is 1. The zero-order valence-corrected chi connectivity index (χ0v) is 19.0. The Hall–Kier alpha value is -2.50. The van der Waals surface area contributed by atoms with Crippen LogP contribution in [0.25, 0.3) is 0 Å². The maximum absolute atomic E-state index is 13.1. The predicted molar refractivity (Wildman–Crippen MR) is 127 cm³/mol. The number of Topliss-reactive ketones (excluding diaryl/α,β-unsaturated/α-hetero) is 1. The van der Waals surface area contributed by atoms with Crippen molar-refractivity contribution in [1.82, 2.24) is 4.90 Å². The van der Waals surface area contributed by atoms with Crippen LogP contribution in [0.1, 0.15) is 53.2 Å². The third-order valence-electron chi connectivity index (χ3n) is 6.13. The molecular weight excluding hydrogens is 386 g/mol. The van der Waals surface area contributed by atoms with Gasteiger partial charge in [-0.05, 0) is 51.8 Å². The summed E-state index contributed by atoms with van der Waals surface area (Å²) in [6, 6.07) is 16.5. The average molecular weight is 422 g/mol. The Bertz CT molecular complexity index is 887. The molecule has 0 spiro atoms. The molecule has 1 aliphatic rings. The van der Waals surface area contributed by atoms with E-state index in [-0.39, 0.29) is 17.7 Å². The number of hydrogen-bond donors (Lipinski definition) is 1. The number of aryl methyl sites for hydroxylation is 2. The first-order chi connectivity index (χ1) is 15.0. The van der Waals surface area contributed by atoms with Gasteiger partial charge >= 0.3 is 0 Å². The van der Waals surface area contributed by atoms with E-state index in [2.05, 4.69) is 42.1 Å². The lowest BCUT2D eigenvalue weighted by Crippen LogP contribution is -2.46. The molecule has 0 radical (unpaired) electrons. The van der Waals surface area contributed by atoms with Gasteiger partial charge in [-0.3, -0.25) is 9.69 Å². The average Bonchev–Trinajstić information content (AvgIpc) is 2.79.